The molecule has 0 bridgehead atoms. The maximum Gasteiger partial charge on any atom is 0.285 e. The number of hydrogen-bond acceptors (Lipinski definition) is 8. The van der Waals surface area contributed by atoms with Crippen molar-refractivity contribution in [2.75, 3.05) is 10.5 Å². The molecule has 0 spiro atoms. The third kappa shape index (κ3) is 3.67. The number of benzene rings is 1. The van der Waals surface area contributed by atoms with Crippen molar-refractivity contribution >= 4 is 33.7 Å². The van der Waals surface area contributed by atoms with Crippen molar-refractivity contribution in [3.63, 3.8) is 0 Å². The third-order valence-corrected chi connectivity index (χ3v) is 6.60. The van der Waals surface area contributed by atoms with Crippen LogP contribution in [0.3, 0.4) is 0 Å². The fourth-order valence-corrected chi connectivity index (χ4v) is 4.40. The van der Waals surface area contributed by atoms with Crippen molar-refractivity contribution in [2.45, 2.75) is 52.1 Å². The number of nitrogens with one attached hydrogen (secondary N) is 2. The molecular weight excluding hydrogens is 428 g/mol. The Bertz CT molecular complexity index is 1390. The van der Waals surface area contributed by atoms with Gasteiger partial charge in [-0.1, -0.05) is 30.3 Å². The fourth-order valence-electron chi connectivity index (χ4n) is 4.40. The molecule has 4 aromatic rings. The molecule has 9 nitrogen and oxygen atoms in total. The summed E-state index contributed by atoms with van der Waals surface area (Å²) in [6, 6.07) is 10.8. The molecule has 1 aliphatic carbocycles. The molecule has 6 rings (SSSR count). The van der Waals surface area contributed by atoms with Crippen molar-refractivity contribution in [2.24, 2.45) is 5.92 Å². The van der Waals surface area contributed by atoms with Gasteiger partial charge in [0.05, 0.1) is 24.0 Å². The summed E-state index contributed by atoms with van der Waals surface area (Å²) in [7, 11) is 0. The van der Waals surface area contributed by atoms with Crippen LogP contribution in [0.2, 0.25) is 0 Å². The number of hydrazine groups is 1. The Morgan fingerprint density at radius 3 is 2.79 bits per heavy atom. The lowest BCUT2D eigenvalue weighted by molar-refractivity contribution is 0.188. The van der Waals surface area contributed by atoms with Gasteiger partial charge >= 0.3 is 0 Å². The third-order valence-electron chi connectivity index (χ3n) is 6.60. The zero-order valence-corrected chi connectivity index (χ0v) is 19.6. The summed E-state index contributed by atoms with van der Waals surface area (Å²) in [6.45, 7) is 6.19. The molecule has 1 saturated carbocycles. The zero-order chi connectivity index (χ0) is 23.2. The number of aromatic nitrogens is 5. The first-order valence-electron chi connectivity index (χ1n) is 11.9. The maximum absolute atomic E-state index is 5.72. The Balaban J connectivity index is 1.44. The van der Waals surface area contributed by atoms with Crippen LogP contribution in [0.15, 0.2) is 54.7 Å². The average molecular weight is 457 g/mol. The lowest BCUT2D eigenvalue weighted by atomic mass is 10.0. The molecule has 1 aliphatic heterocycles. The topological polar surface area (TPSA) is 93.0 Å². The summed E-state index contributed by atoms with van der Waals surface area (Å²) >= 11 is 0. The molecule has 2 N–H and O–H groups in total. The minimum Gasteiger partial charge on any atom is -0.361 e. The number of hydrogen-bond donors (Lipinski definition) is 2. The van der Waals surface area contributed by atoms with Crippen LogP contribution in [0.5, 0.6) is 0 Å². The summed E-state index contributed by atoms with van der Waals surface area (Å²) in [5.74, 6) is 2.45. The van der Waals surface area contributed by atoms with E-state index in [0.717, 1.165) is 45.5 Å². The number of nitrogens with zero attached hydrogens (tertiary/aromatic N) is 6. The van der Waals surface area contributed by atoms with Crippen LogP contribution in [0.4, 0.5) is 11.8 Å². The molecule has 1 unspecified atom stereocenters. The van der Waals surface area contributed by atoms with E-state index in [1.54, 1.807) is 12.4 Å². The molecule has 0 radical (unpaired) electrons. The predicted octanol–water partition coefficient (Wildman–Crippen LogP) is 5.03. The maximum atomic E-state index is 5.72. The van der Waals surface area contributed by atoms with E-state index in [4.69, 9.17) is 19.8 Å². The fraction of sp³-hybridized carbons (Fsp3) is 0.360. The molecule has 1 fully saturated rings. The van der Waals surface area contributed by atoms with Gasteiger partial charge in [0.2, 0.25) is 0 Å². The molecular formula is C25H28N8O. The number of fused-ring (bicyclic) bond motifs is 2. The highest BCUT2D eigenvalue weighted by atomic mass is 16.7. The highest BCUT2D eigenvalue weighted by Gasteiger charge is 2.34. The Morgan fingerprint density at radius 1 is 1.18 bits per heavy atom. The molecule has 0 saturated heterocycles. The SMILES string of the molecule is CCC(C)n1ncc2nc(N3NC=C(C)O3)nc(N[C@@H](c3cnc4ccccc4c3)C3CC3)c21. The van der Waals surface area contributed by atoms with E-state index >= 15 is 0 Å². The van der Waals surface area contributed by atoms with Crippen LogP contribution in [-0.4, -0.2) is 24.7 Å². The van der Waals surface area contributed by atoms with Gasteiger partial charge in [-0.2, -0.15) is 10.1 Å². The largest absolute Gasteiger partial charge is 0.361 e. The normalized spacial score (nSPS) is 17.4. The lowest BCUT2D eigenvalue weighted by Crippen LogP contribution is -2.30. The number of allylic oxidation sites excluding steroid dienone is 1. The van der Waals surface area contributed by atoms with Crippen molar-refractivity contribution in [1.29, 1.82) is 0 Å². The molecule has 4 heterocycles. The standard InChI is InChI=1S/C25H28N8O/c1-4-15(2)32-23-21(14-27-32)29-25(33-28-12-16(3)34-33)31-24(23)30-22(17-9-10-17)19-11-18-7-5-6-8-20(18)26-13-19/h5-8,11-15,17,22,28H,4,9-10H2,1-3H3,(H,29,30,31)/t15?,22-/m1/s1. The number of para-hydroxylation sites is 1. The van der Waals surface area contributed by atoms with Crippen LogP contribution in [0, 0.1) is 5.92 Å². The Kier molecular flexibility index (Phi) is 4.97. The van der Waals surface area contributed by atoms with E-state index < -0.39 is 0 Å². The van der Waals surface area contributed by atoms with Crippen molar-refractivity contribution < 1.29 is 4.84 Å². The minimum absolute atomic E-state index is 0.0932. The second-order valence-electron chi connectivity index (χ2n) is 9.14. The summed E-state index contributed by atoms with van der Waals surface area (Å²) in [5.41, 5.74) is 6.90. The molecule has 174 valence electrons. The summed E-state index contributed by atoms with van der Waals surface area (Å²) < 4.78 is 2.02. The smallest absolute Gasteiger partial charge is 0.285 e. The van der Waals surface area contributed by atoms with Gasteiger partial charge in [-0.05, 0) is 56.7 Å². The lowest BCUT2D eigenvalue weighted by Gasteiger charge is -2.23. The first-order valence-corrected chi connectivity index (χ1v) is 11.9. The van der Waals surface area contributed by atoms with Gasteiger partial charge < -0.3 is 10.2 Å². The Labute approximate surface area is 197 Å². The van der Waals surface area contributed by atoms with Gasteiger partial charge in [-0.3, -0.25) is 15.1 Å². The number of rotatable bonds is 7. The Morgan fingerprint density at radius 2 is 2.03 bits per heavy atom. The second kappa shape index (κ2) is 8.16. The highest BCUT2D eigenvalue weighted by Crippen LogP contribution is 2.44. The monoisotopic (exact) mass is 456 g/mol. The van der Waals surface area contributed by atoms with E-state index in [1.807, 2.05) is 29.9 Å². The molecule has 9 heteroatoms. The van der Waals surface area contributed by atoms with Gasteiger partial charge in [-0.25, -0.2) is 4.98 Å². The molecule has 34 heavy (non-hydrogen) atoms. The number of anilines is 2. The van der Waals surface area contributed by atoms with Crippen LogP contribution < -0.4 is 15.9 Å². The molecule has 2 aliphatic rings. The average Bonchev–Trinajstić information content (AvgIpc) is 3.46. The Hall–Kier alpha value is -3.88. The molecule has 1 aromatic carbocycles. The number of pyridine rings is 1. The van der Waals surface area contributed by atoms with Crippen LogP contribution in [-0.2, 0) is 4.84 Å². The van der Waals surface area contributed by atoms with Crippen LogP contribution in [0.25, 0.3) is 21.9 Å². The van der Waals surface area contributed by atoms with Gasteiger partial charge in [-0.15, -0.1) is 0 Å². The quantitative estimate of drug-likeness (QED) is 0.400. The first kappa shape index (κ1) is 20.7. The van der Waals surface area contributed by atoms with E-state index in [2.05, 4.69) is 47.9 Å². The highest BCUT2D eigenvalue weighted by molar-refractivity contribution is 5.87. The van der Waals surface area contributed by atoms with Crippen LogP contribution >= 0.6 is 0 Å². The zero-order valence-electron chi connectivity index (χ0n) is 19.6. The summed E-state index contributed by atoms with van der Waals surface area (Å²) in [5, 5.41) is 11.0. The predicted molar refractivity (Wildman–Crippen MR) is 132 cm³/mol. The van der Waals surface area contributed by atoms with Gasteiger partial charge in [0, 0.05) is 17.6 Å². The van der Waals surface area contributed by atoms with Crippen molar-refractivity contribution in [1.82, 2.24) is 30.2 Å². The summed E-state index contributed by atoms with van der Waals surface area (Å²) in [6.07, 6.45) is 8.88. The first-order chi connectivity index (χ1) is 16.6. The molecule has 2 atom stereocenters. The van der Waals surface area contributed by atoms with E-state index in [1.165, 1.54) is 18.0 Å². The van der Waals surface area contributed by atoms with E-state index in [0.29, 0.717) is 11.9 Å². The van der Waals surface area contributed by atoms with Gasteiger partial charge in [0.1, 0.15) is 16.8 Å². The van der Waals surface area contributed by atoms with Gasteiger partial charge in [0.25, 0.3) is 5.95 Å². The van der Waals surface area contributed by atoms with E-state index in [9.17, 15) is 0 Å². The van der Waals surface area contributed by atoms with Crippen LogP contribution in [0.1, 0.15) is 57.7 Å². The molecule has 0 amide bonds. The van der Waals surface area contributed by atoms with Crippen molar-refractivity contribution in [3.8, 4) is 0 Å². The minimum atomic E-state index is 0.0932. The van der Waals surface area contributed by atoms with Gasteiger partial charge in [0.15, 0.2) is 5.82 Å². The summed E-state index contributed by atoms with van der Waals surface area (Å²) in [4.78, 5) is 20.1. The molecule has 3 aromatic heterocycles. The van der Waals surface area contributed by atoms with Crippen molar-refractivity contribution in [3.05, 3.63) is 60.2 Å². The van der Waals surface area contributed by atoms with E-state index in [-0.39, 0.29) is 12.1 Å². The second-order valence-corrected chi connectivity index (χ2v) is 9.14.